The summed E-state index contributed by atoms with van der Waals surface area (Å²) in [5.74, 6) is 1.40. The summed E-state index contributed by atoms with van der Waals surface area (Å²) in [7, 11) is 0. The zero-order chi connectivity index (χ0) is 28.3. The van der Waals surface area contributed by atoms with Crippen LogP contribution in [0.15, 0.2) is 51.9 Å². The number of hydrogen-bond acceptors (Lipinski definition) is 8. The summed E-state index contributed by atoms with van der Waals surface area (Å²) in [6.07, 6.45) is 8.57. The largest absolute Gasteiger partial charge is 0.514 e. The van der Waals surface area contributed by atoms with E-state index >= 15 is 0 Å². The summed E-state index contributed by atoms with van der Waals surface area (Å²) in [6.45, 7) is 4.62. The molecule has 8 atom stereocenters. The molecule has 0 bridgehead atoms. The molecule has 0 spiro atoms. The molecular weight excluding hydrogens is 514 g/mol. The Morgan fingerprint density at radius 1 is 1.00 bits per heavy atom. The Morgan fingerprint density at radius 3 is 2.48 bits per heavy atom. The number of benzene rings is 1. The molecule has 1 N–H and O–H groups in total. The molecule has 4 aliphatic rings. The number of nitro benzene ring substituents is 1. The average molecular weight is 552 g/mol. The van der Waals surface area contributed by atoms with Crippen molar-refractivity contribution < 1.29 is 28.7 Å². The Bertz CT molecular complexity index is 1340. The number of hydrogen-bond donors (Lipinski definition) is 1. The highest BCUT2D eigenvalue weighted by atomic mass is 16.7. The minimum Gasteiger partial charge on any atom is -0.431 e. The van der Waals surface area contributed by atoms with Gasteiger partial charge in [-0.15, -0.1) is 0 Å². The number of carbonyl (C=O) groups is 1. The molecule has 0 radical (unpaired) electrons. The van der Waals surface area contributed by atoms with Gasteiger partial charge in [-0.25, -0.2) is 9.59 Å². The van der Waals surface area contributed by atoms with Crippen LogP contribution in [0.4, 0.5) is 10.5 Å². The number of nitrogens with zero attached hydrogens (tertiary/aromatic N) is 1. The molecule has 4 fully saturated rings. The fraction of sp³-hybridized carbons (Fsp3) is 0.613. The molecule has 0 saturated heterocycles. The Balaban J connectivity index is 1.12. The van der Waals surface area contributed by atoms with Crippen molar-refractivity contribution in [2.45, 2.75) is 89.3 Å². The highest BCUT2D eigenvalue weighted by Gasteiger charge is 2.67. The second-order valence-electron chi connectivity index (χ2n) is 13.0. The Kier molecular flexibility index (Phi) is 6.56. The summed E-state index contributed by atoms with van der Waals surface area (Å²) in [4.78, 5) is 34.4. The Hall–Kier alpha value is -3.20. The molecule has 1 aromatic carbocycles. The summed E-state index contributed by atoms with van der Waals surface area (Å²) in [5, 5.41) is 23.2. The highest BCUT2D eigenvalue weighted by Crippen LogP contribution is 2.70. The van der Waals surface area contributed by atoms with Crippen LogP contribution in [0.3, 0.4) is 0 Å². The smallest absolute Gasteiger partial charge is 0.431 e. The minimum atomic E-state index is -0.785. The van der Waals surface area contributed by atoms with Gasteiger partial charge in [-0.1, -0.05) is 13.8 Å². The molecule has 2 aromatic rings. The fourth-order valence-corrected chi connectivity index (χ4v) is 9.29. The van der Waals surface area contributed by atoms with Crippen LogP contribution in [-0.2, 0) is 4.74 Å². The first kappa shape index (κ1) is 27.0. The van der Waals surface area contributed by atoms with Crippen molar-refractivity contribution in [1.29, 1.82) is 0 Å². The third kappa shape index (κ3) is 4.24. The molecule has 4 aliphatic carbocycles. The average Bonchev–Trinajstić information content (AvgIpc) is 3.20. The zero-order valence-corrected chi connectivity index (χ0v) is 23.0. The van der Waals surface area contributed by atoms with Crippen LogP contribution in [0.5, 0.6) is 5.75 Å². The standard InChI is InChI=1S/C31H37NO8/c1-29-14-11-23(40-28(34)39-22-7-5-21(6-8-22)32(36)37)17-20(29)4-9-26-25(29)12-15-30(2)24(13-16-31(26,30)35)19-3-10-27(33)38-18-19/h3,5-8,10,18,20,23-26,35H,4,9,11-17H2,1-2H3/t20?,23-,24+,25?,26?,29-,30+,31-/m0/s1. The summed E-state index contributed by atoms with van der Waals surface area (Å²) < 4.78 is 16.2. The van der Waals surface area contributed by atoms with E-state index in [2.05, 4.69) is 13.8 Å². The van der Waals surface area contributed by atoms with E-state index in [4.69, 9.17) is 13.9 Å². The van der Waals surface area contributed by atoms with Gasteiger partial charge in [-0.3, -0.25) is 10.1 Å². The second kappa shape index (κ2) is 9.72. The van der Waals surface area contributed by atoms with E-state index in [0.29, 0.717) is 11.8 Å². The lowest BCUT2D eigenvalue weighted by molar-refractivity contribution is -0.384. The van der Waals surface area contributed by atoms with Gasteiger partial charge in [0.25, 0.3) is 5.69 Å². The maximum Gasteiger partial charge on any atom is 0.514 e. The molecule has 214 valence electrons. The fourth-order valence-electron chi connectivity index (χ4n) is 9.29. The number of non-ortho nitro benzene ring substituents is 1. The van der Waals surface area contributed by atoms with Crippen molar-refractivity contribution in [2.75, 3.05) is 0 Å². The lowest BCUT2D eigenvalue weighted by Crippen LogP contribution is -2.62. The first-order chi connectivity index (χ1) is 19.0. The van der Waals surface area contributed by atoms with Gasteiger partial charge in [0.05, 0.1) is 16.8 Å². The molecular formula is C31H37NO8. The van der Waals surface area contributed by atoms with Crippen LogP contribution in [0, 0.1) is 38.7 Å². The SMILES string of the molecule is C[C@]12CC[C@H](OC(=O)Oc3ccc([N+](=O)[O-])cc3)CC1CCC1C2CC[C@]2(C)[C@@H](c3ccc(=O)oc3)CC[C@]12O. The predicted octanol–water partition coefficient (Wildman–Crippen LogP) is 6.37. The number of rotatable bonds is 4. The molecule has 6 rings (SSSR count). The molecule has 9 heteroatoms. The van der Waals surface area contributed by atoms with Crippen molar-refractivity contribution in [1.82, 2.24) is 0 Å². The summed E-state index contributed by atoms with van der Waals surface area (Å²) >= 11 is 0. The number of ether oxygens (including phenoxy) is 2. The van der Waals surface area contributed by atoms with E-state index in [1.54, 1.807) is 6.26 Å². The monoisotopic (exact) mass is 551 g/mol. The normalized spacial score (nSPS) is 38.4. The third-order valence-electron chi connectivity index (χ3n) is 11.4. The van der Waals surface area contributed by atoms with Crippen LogP contribution in [0.25, 0.3) is 0 Å². The highest BCUT2D eigenvalue weighted by molar-refractivity contribution is 5.64. The predicted molar refractivity (Wildman–Crippen MR) is 145 cm³/mol. The molecule has 1 heterocycles. The van der Waals surface area contributed by atoms with Crippen LogP contribution < -0.4 is 10.4 Å². The van der Waals surface area contributed by atoms with Gasteiger partial charge in [-0.2, -0.15) is 0 Å². The first-order valence-electron chi connectivity index (χ1n) is 14.5. The van der Waals surface area contributed by atoms with Gasteiger partial charge in [0.15, 0.2) is 0 Å². The van der Waals surface area contributed by atoms with Crippen molar-refractivity contribution >= 4 is 11.8 Å². The Morgan fingerprint density at radius 2 is 1.77 bits per heavy atom. The molecule has 40 heavy (non-hydrogen) atoms. The third-order valence-corrected chi connectivity index (χ3v) is 11.4. The summed E-state index contributed by atoms with van der Waals surface area (Å²) in [5.41, 5.74) is -0.367. The van der Waals surface area contributed by atoms with Gasteiger partial charge in [0.1, 0.15) is 11.9 Å². The Labute approximate surface area is 233 Å². The van der Waals surface area contributed by atoms with Crippen molar-refractivity contribution in [2.24, 2.45) is 28.6 Å². The second-order valence-corrected chi connectivity index (χ2v) is 13.0. The quantitative estimate of drug-likeness (QED) is 0.201. The van der Waals surface area contributed by atoms with Crippen molar-refractivity contribution in [3.63, 3.8) is 0 Å². The topological polar surface area (TPSA) is 129 Å². The van der Waals surface area contributed by atoms with E-state index in [9.17, 15) is 24.8 Å². The van der Waals surface area contributed by atoms with E-state index < -0.39 is 16.7 Å². The van der Waals surface area contributed by atoms with Crippen molar-refractivity contribution in [3.8, 4) is 5.75 Å². The number of nitro groups is 1. The number of aliphatic hydroxyl groups is 1. The van der Waals surface area contributed by atoms with Crippen molar-refractivity contribution in [3.05, 3.63) is 68.8 Å². The van der Waals surface area contributed by atoms with E-state index in [-0.39, 0.29) is 45.8 Å². The lowest BCUT2D eigenvalue weighted by Gasteiger charge is -2.63. The molecule has 1 aromatic heterocycles. The van der Waals surface area contributed by atoms with E-state index in [1.165, 1.54) is 30.3 Å². The molecule has 9 nitrogen and oxygen atoms in total. The van der Waals surface area contributed by atoms with Crippen LogP contribution in [-0.4, -0.2) is 27.9 Å². The van der Waals surface area contributed by atoms with Gasteiger partial charge in [0.2, 0.25) is 0 Å². The minimum absolute atomic E-state index is 0.0692. The van der Waals surface area contributed by atoms with Crippen LogP contribution in [0.1, 0.15) is 83.1 Å². The molecule has 4 saturated carbocycles. The van der Waals surface area contributed by atoms with E-state index in [0.717, 1.165) is 63.4 Å². The van der Waals surface area contributed by atoms with Crippen LogP contribution in [0.2, 0.25) is 0 Å². The molecule has 0 amide bonds. The maximum absolute atomic E-state index is 12.5. The maximum atomic E-state index is 12.5. The molecule has 3 unspecified atom stereocenters. The number of fused-ring (bicyclic) bond motifs is 5. The molecule has 0 aliphatic heterocycles. The first-order valence-corrected chi connectivity index (χ1v) is 14.5. The van der Waals surface area contributed by atoms with E-state index in [1.807, 2.05) is 6.07 Å². The van der Waals surface area contributed by atoms with Gasteiger partial charge in [-0.05, 0) is 111 Å². The van der Waals surface area contributed by atoms with Gasteiger partial charge < -0.3 is 19.0 Å². The number of carbonyl (C=O) groups excluding carboxylic acids is 1. The van der Waals surface area contributed by atoms with Crippen LogP contribution >= 0.6 is 0 Å². The summed E-state index contributed by atoms with van der Waals surface area (Å²) in [6, 6.07) is 8.71. The van der Waals surface area contributed by atoms with Gasteiger partial charge >= 0.3 is 11.8 Å². The zero-order valence-electron chi connectivity index (χ0n) is 23.0. The lowest BCUT2D eigenvalue weighted by atomic mass is 9.43. The van der Waals surface area contributed by atoms with Gasteiger partial charge in [0, 0.05) is 23.6 Å².